The van der Waals surface area contributed by atoms with Crippen molar-refractivity contribution in [2.24, 2.45) is 4.99 Å². The number of nitrogens with one attached hydrogen (secondary N) is 1. The van der Waals surface area contributed by atoms with Crippen LogP contribution in [0.15, 0.2) is 27.8 Å². The molecule has 2 aliphatic rings. The summed E-state index contributed by atoms with van der Waals surface area (Å²) in [5.74, 6) is 2.11. The van der Waals surface area contributed by atoms with Gasteiger partial charge in [0.05, 0.1) is 6.26 Å². The molecular weight excluding hydrogens is 232 g/mol. The Labute approximate surface area is 106 Å². The minimum atomic E-state index is 0.108. The summed E-state index contributed by atoms with van der Waals surface area (Å²) in [6, 6.07) is 4.01. The van der Waals surface area contributed by atoms with Gasteiger partial charge in [-0.3, -0.25) is 4.99 Å². The summed E-state index contributed by atoms with van der Waals surface area (Å²) in [5.41, 5.74) is 0.354. The normalized spacial score (nSPS) is 26.5. The van der Waals surface area contributed by atoms with E-state index in [1.165, 1.54) is 31.4 Å². The van der Waals surface area contributed by atoms with Crippen molar-refractivity contribution in [3.63, 3.8) is 0 Å². The second-order valence-corrected chi connectivity index (χ2v) is 5.99. The van der Waals surface area contributed by atoms with Crippen LogP contribution in [0.2, 0.25) is 0 Å². The molecule has 17 heavy (non-hydrogen) atoms. The molecule has 2 heterocycles. The van der Waals surface area contributed by atoms with E-state index in [1.54, 1.807) is 6.26 Å². The van der Waals surface area contributed by atoms with Crippen LogP contribution < -0.4 is 5.32 Å². The van der Waals surface area contributed by atoms with Crippen LogP contribution in [0.25, 0.3) is 0 Å². The number of hydrogen-bond acceptors (Lipinski definition) is 3. The van der Waals surface area contributed by atoms with Gasteiger partial charge in [-0.05, 0) is 31.9 Å². The zero-order valence-electron chi connectivity index (χ0n) is 10.1. The standard InChI is InChI=1S/C13H18N2OS/c1-10(11-5-4-8-16-11)14-12-15-13(9-17-12)6-2-3-7-13/h4-5,8,10H,2-3,6-7,9H2,1H3,(H,14,15). The highest BCUT2D eigenvalue weighted by atomic mass is 32.2. The van der Waals surface area contributed by atoms with Crippen LogP contribution in [0.1, 0.15) is 44.4 Å². The van der Waals surface area contributed by atoms with Gasteiger partial charge < -0.3 is 9.73 Å². The smallest absolute Gasteiger partial charge is 0.157 e. The summed E-state index contributed by atoms with van der Waals surface area (Å²) in [5, 5.41) is 4.72. The predicted octanol–water partition coefficient (Wildman–Crippen LogP) is 3.35. The van der Waals surface area contributed by atoms with Crippen molar-refractivity contribution >= 4 is 16.9 Å². The Morgan fingerprint density at radius 1 is 1.47 bits per heavy atom. The van der Waals surface area contributed by atoms with Crippen LogP contribution in [0.3, 0.4) is 0 Å². The molecule has 1 saturated carbocycles. The van der Waals surface area contributed by atoms with Gasteiger partial charge in [0, 0.05) is 11.3 Å². The molecule has 1 unspecified atom stereocenters. The van der Waals surface area contributed by atoms with Gasteiger partial charge >= 0.3 is 0 Å². The number of thioether (sulfide) groups is 1. The van der Waals surface area contributed by atoms with Gasteiger partial charge in [0.15, 0.2) is 5.17 Å². The lowest BCUT2D eigenvalue weighted by molar-refractivity contribution is 0.449. The Morgan fingerprint density at radius 3 is 3.00 bits per heavy atom. The first-order chi connectivity index (χ1) is 8.27. The van der Waals surface area contributed by atoms with Crippen LogP contribution in [-0.4, -0.2) is 16.5 Å². The minimum absolute atomic E-state index is 0.108. The third-order valence-electron chi connectivity index (χ3n) is 3.68. The van der Waals surface area contributed by atoms with E-state index in [4.69, 9.17) is 9.41 Å². The molecular formula is C13H18N2OS. The number of hydrogen-bond donors (Lipinski definition) is 1. The van der Waals surface area contributed by atoms with Crippen LogP contribution in [0.4, 0.5) is 0 Å². The van der Waals surface area contributed by atoms with Crippen molar-refractivity contribution < 1.29 is 4.42 Å². The Bertz CT molecular complexity index is 407. The van der Waals surface area contributed by atoms with E-state index in [2.05, 4.69) is 12.2 Å². The molecule has 1 aliphatic heterocycles. The maximum absolute atomic E-state index is 5.38. The van der Waals surface area contributed by atoms with E-state index in [-0.39, 0.29) is 6.04 Å². The molecule has 0 radical (unpaired) electrons. The summed E-state index contributed by atoms with van der Waals surface area (Å²) >= 11 is 1.86. The lowest BCUT2D eigenvalue weighted by Gasteiger charge is -2.21. The Kier molecular flexibility index (Phi) is 2.90. The third-order valence-corrected chi connectivity index (χ3v) is 4.86. The number of furan rings is 1. The first-order valence-corrected chi connectivity index (χ1v) is 7.28. The predicted molar refractivity (Wildman–Crippen MR) is 71.4 cm³/mol. The lowest BCUT2D eigenvalue weighted by Crippen LogP contribution is -2.40. The van der Waals surface area contributed by atoms with Gasteiger partial charge in [-0.25, -0.2) is 0 Å². The van der Waals surface area contributed by atoms with Crippen molar-refractivity contribution in [2.45, 2.75) is 44.2 Å². The van der Waals surface area contributed by atoms with Crippen LogP contribution >= 0.6 is 11.8 Å². The van der Waals surface area contributed by atoms with Crippen LogP contribution in [-0.2, 0) is 0 Å². The highest BCUT2D eigenvalue weighted by molar-refractivity contribution is 8.14. The average molecular weight is 250 g/mol. The molecule has 1 atom stereocenters. The van der Waals surface area contributed by atoms with E-state index >= 15 is 0 Å². The van der Waals surface area contributed by atoms with Crippen LogP contribution in [0.5, 0.6) is 0 Å². The molecule has 1 N–H and O–H groups in total. The molecule has 0 bridgehead atoms. The SMILES string of the molecule is CC(N=C1NC2(CCCC2)CS1)c1ccco1. The number of nitrogens with zero attached hydrogens (tertiary/aromatic N) is 1. The molecule has 1 aromatic heterocycles. The molecule has 0 amide bonds. The first kappa shape index (κ1) is 11.2. The zero-order valence-corrected chi connectivity index (χ0v) is 10.9. The molecule has 1 saturated heterocycles. The van der Waals surface area contributed by atoms with Crippen LogP contribution in [0, 0.1) is 0 Å². The average Bonchev–Trinajstić information content (AvgIpc) is 3.04. The molecule has 1 aromatic rings. The quantitative estimate of drug-likeness (QED) is 0.874. The molecule has 4 heteroatoms. The summed E-state index contributed by atoms with van der Waals surface area (Å²) in [6.07, 6.45) is 7.02. The molecule has 1 spiro atoms. The number of aliphatic imine (C=N–C) groups is 1. The Morgan fingerprint density at radius 2 is 2.29 bits per heavy atom. The van der Waals surface area contributed by atoms with Crippen molar-refractivity contribution in [1.82, 2.24) is 5.32 Å². The zero-order chi connectivity index (χ0) is 11.7. The van der Waals surface area contributed by atoms with E-state index in [0.717, 1.165) is 10.9 Å². The van der Waals surface area contributed by atoms with Gasteiger partial charge in [0.2, 0.25) is 0 Å². The largest absolute Gasteiger partial charge is 0.467 e. The van der Waals surface area contributed by atoms with Gasteiger partial charge in [0.25, 0.3) is 0 Å². The van der Waals surface area contributed by atoms with E-state index in [9.17, 15) is 0 Å². The third kappa shape index (κ3) is 2.23. The maximum Gasteiger partial charge on any atom is 0.157 e. The van der Waals surface area contributed by atoms with Crippen molar-refractivity contribution in [3.8, 4) is 0 Å². The van der Waals surface area contributed by atoms with Gasteiger partial charge in [0.1, 0.15) is 11.8 Å². The van der Waals surface area contributed by atoms with Gasteiger partial charge in [-0.1, -0.05) is 24.6 Å². The fourth-order valence-corrected chi connectivity index (χ4v) is 3.96. The number of rotatable bonds is 2. The second kappa shape index (κ2) is 4.41. The van der Waals surface area contributed by atoms with Crippen molar-refractivity contribution in [3.05, 3.63) is 24.2 Å². The van der Waals surface area contributed by atoms with Gasteiger partial charge in [-0.15, -0.1) is 0 Å². The number of amidine groups is 1. The van der Waals surface area contributed by atoms with E-state index < -0.39 is 0 Å². The van der Waals surface area contributed by atoms with Gasteiger partial charge in [-0.2, -0.15) is 0 Å². The van der Waals surface area contributed by atoms with Crippen molar-refractivity contribution in [2.75, 3.05) is 5.75 Å². The fraction of sp³-hybridized carbons (Fsp3) is 0.615. The molecule has 3 rings (SSSR count). The summed E-state index contributed by atoms with van der Waals surface area (Å²) < 4.78 is 5.38. The molecule has 92 valence electrons. The Balaban J connectivity index is 1.69. The molecule has 0 aromatic carbocycles. The maximum atomic E-state index is 5.38. The monoisotopic (exact) mass is 250 g/mol. The topological polar surface area (TPSA) is 37.5 Å². The fourth-order valence-electron chi connectivity index (χ4n) is 2.66. The first-order valence-electron chi connectivity index (χ1n) is 6.30. The molecule has 2 fully saturated rings. The lowest BCUT2D eigenvalue weighted by atomic mass is 10.0. The van der Waals surface area contributed by atoms with Crippen molar-refractivity contribution in [1.29, 1.82) is 0 Å². The van der Waals surface area contributed by atoms with E-state index in [0.29, 0.717) is 5.54 Å². The second-order valence-electron chi connectivity index (χ2n) is 5.03. The Hall–Kier alpha value is -0.900. The highest BCUT2D eigenvalue weighted by Gasteiger charge is 2.39. The summed E-state index contributed by atoms with van der Waals surface area (Å²) in [4.78, 5) is 4.71. The minimum Gasteiger partial charge on any atom is -0.467 e. The summed E-state index contributed by atoms with van der Waals surface area (Å²) in [6.45, 7) is 2.08. The van der Waals surface area contributed by atoms with E-state index in [1.807, 2.05) is 23.9 Å². The molecule has 3 nitrogen and oxygen atoms in total. The molecule has 1 aliphatic carbocycles. The summed E-state index contributed by atoms with van der Waals surface area (Å²) in [7, 11) is 0. The highest BCUT2D eigenvalue weighted by Crippen LogP contribution is 2.38.